The van der Waals surface area contributed by atoms with Gasteiger partial charge in [0.2, 0.25) is 0 Å². The maximum Gasteiger partial charge on any atom is 0.126 e. The van der Waals surface area contributed by atoms with Crippen molar-refractivity contribution in [3.8, 4) is 22.9 Å². The predicted octanol–water partition coefficient (Wildman–Crippen LogP) is 3.44. The van der Waals surface area contributed by atoms with Gasteiger partial charge in [-0.15, -0.1) is 0 Å². The lowest BCUT2D eigenvalue weighted by atomic mass is 9.94. The molecule has 3 nitrogen and oxygen atoms in total. The Labute approximate surface area is 125 Å². The van der Waals surface area contributed by atoms with Crippen LogP contribution in [-0.4, -0.2) is 14.2 Å². The minimum absolute atomic E-state index is 0.421. The van der Waals surface area contributed by atoms with Gasteiger partial charge in [0.1, 0.15) is 5.75 Å². The Morgan fingerprint density at radius 2 is 2.10 bits per heavy atom. The number of fused-ring (bicyclic) bond motifs is 1. The molecule has 0 radical (unpaired) electrons. The molecular formula is C18H18N2O. The number of hydrogen-bond acceptors (Lipinski definition) is 3. The molecule has 0 spiro atoms. The second-order valence-electron chi connectivity index (χ2n) is 5.28. The first-order valence-corrected chi connectivity index (χ1v) is 7.16. The van der Waals surface area contributed by atoms with Crippen LogP contribution in [0.15, 0.2) is 36.4 Å². The zero-order valence-corrected chi connectivity index (χ0v) is 12.3. The lowest BCUT2D eigenvalue weighted by Crippen LogP contribution is -2.12. The molecule has 106 valence electrons. The summed E-state index contributed by atoms with van der Waals surface area (Å²) in [4.78, 5) is 0. The van der Waals surface area contributed by atoms with E-state index in [0.717, 1.165) is 24.2 Å². The number of rotatable bonds is 3. The number of methoxy groups -OCH3 is 1. The van der Waals surface area contributed by atoms with Gasteiger partial charge in [-0.25, -0.2) is 0 Å². The largest absolute Gasteiger partial charge is 0.496 e. The van der Waals surface area contributed by atoms with Crippen molar-refractivity contribution in [2.24, 2.45) is 0 Å². The number of nitrogens with zero attached hydrogens (tertiary/aromatic N) is 1. The smallest absolute Gasteiger partial charge is 0.126 e. The summed E-state index contributed by atoms with van der Waals surface area (Å²) >= 11 is 0. The summed E-state index contributed by atoms with van der Waals surface area (Å²) < 4.78 is 5.49. The van der Waals surface area contributed by atoms with E-state index in [2.05, 4.69) is 29.6 Å². The third kappa shape index (κ3) is 2.28. The lowest BCUT2D eigenvalue weighted by Gasteiger charge is -2.14. The first kappa shape index (κ1) is 13.7. The van der Waals surface area contributed by atoms with Gasteiger partial charge in [0.15, 0.2) is 0 Å². The van der Waals surface area contributed by atoms with Gasteiger partial charge in [0.25, 0.3) is 0 Å². The molecule has 0 saturated carbocycles. The van der Waals surface area contributed by atoms with Crippen molar-refractivity contribution in [3.05, 3.63) is 53.1 Å². The zero-order valence-electron chi connectivity index (χ0n) is 12.3. The molecule has 21 heavy (non-hydrogen) atoms. The van der Waals surface area contributed by atoms with Crippen LogP contribution in [0.25, 0.3) is 11.1 Å². The maximum absolute atomic E-state index is 9.15. The molecule has 0 amide bonds. The maximum atomic E-state index is 9.15. The van der Waals surface area contributed by atoms with Crippen LogP contribution in [0.3, 0.4) is 0 Å². The number of hydrogen-bond donors (Lipinski definition) is 1. The standard InChI is InChI=1S/C18H18N2O/c1-20-17-8-7-14-13(4-3-5-15(14)17)16-10-12(11-19)6-9-18(16)21-2/h3-6,9-10,17,20H,7-8H2,1-2H3. The van der Waals surface area contributed by atoms with Crippen LogP contribution in [0.2, 0.25) is 0 Å². The van der Waals surface area contributed by atoms with E-state index in [1.165, 1.54) is 16.7 Å². The van der Waals surface area contributed by atoms with Gasteiger partial charge in [0.05, 0.1) is 18.7 Å². The zero-order chi connectivity index (χ0) is 14.8. The van der Waals surface area contributed by atoms with Crippen molar-refractivity contribution in [2.45, 2.75) is 18.9 Å². The van der Waals surface area contributed by atoms with Gasteiger partial charge in [-0.05, 0) is 54.8 Å². The summed E-state index contributed by atoms with van der Waals surface area (Å²) in [7, 11) is 3.67. The van der Waals surface area contributed by atoms with Crippen LogP contribution in [0, 0.1) is 11.3 Å². The molecule has 0 aromatic heterocycles. The summed E-state index contributed by atoms with van der Waals surface area (Å²) in [5, 5.41) is 12.5. The second-order valence-corrected chi connectivity index (χ2v) is 5.28. The Morgan fingerprint density at radius 3 is 2.81 bits per heavy atom. The number of nitriles is 1. The van der Waals surface area contributed by atoms with Crippen LogP contribution in [0.1, 0.15) is 29.2 Å². The minimum Gasteiger partial charge on any atom is -0.496 e. The van der Waals surface area contributed by atoms with E-state index in [-0.39, 0.29) is 0 Å². The van der Waals surface area contributed by atoms with Crippen LogP contribution in [0.4, 0.5) is 0 Å². The SMILES string of the molecule is CNC1CCc2c(-c3cc(C#N)ccc3OC)cccc21. The van der Waals surface area contributed by atoms with Gasteiger partial charge >= 0.3 is 0 Å². The summed E-state index contributed by atoms with van der Waals surface area (Å²) in [6.45, 7) is 0. The van der Waals surface area contributed by atoms with Gasteiger partial charge in [-0.3, -0.25) is 0 Å². The molecule has 3 rings (SSSR count). The Bertz CT molecular complexity index is 716. The number of benzene rings is 2. The van der Waals surface area contributed by atoms with E-state index in [4.69, 9.17) is 10.00 Å². The first-order chi connectivity index (χ1) is 10.3. The van der Waals surface area contributed by atoms with Gasteiger partial charge in [-0.1, -0.05) is 18.2 Å². The molecule has 3 heteroatoms. The van der Waals surface area contributed by atoms with Gasteiger partial charge in [-0.2, -0.15) is 5.26 Å². The third-order valence-electron chi connectivity index (χ3n) is 4.24. The third-order valence-corrected chi connectivity index (χ3v) is 4.24. The van der Waals surface area contributed by atoms with Crippen molar-refractivity contribution in [1.29, 1.82) is 5.26 Å². The molecule has 1 aliphatic carbocycles. The van der Waals surface area contributed by atoms with Crippen LogP contribution >= 0.6 is 0 Å². The normalized spacial score (nSPS) is 16.3. The Balaban J connectivity index is 2.19. The molecule has 0 saturated heterocycles. The highest BCUT2D eigenvalue weighted by Crippen LogP contribution is 2.40. The Morgan fingerprint density at radius 1 is 1.24 bits per heavy atom. The van der Waals surface area contributed by atoms with Crippen molar-refractivity contribution >= 4 is 0 Å². The minimum atomic E-state index is 0.421. The number of nitrogens with one attached hydrogen (secondary N) is 1. The van der Waals surface area contributed by atoms with E-state index in [1.54, 1.807) is 13.2 Å². The molecule has 0 heterocycles. The fourth-order valence-corrected chi connectivity index (χ4v) is 3.19. The Kier molecular flexibility index (Phi) is 3.64. The summed E-state index contributed by atoms with van der Waals surface area (Å²) in [6, 6.07) is 14.6. The summed E-state index contributed by atoms with van der Waals surface area (Å²) in [5.41, 5.74) is 5.57. The summed E-state index contributed by atoms with van der Waals surface area (Å²) in [5.74, 6) is 0.815. The van der Waals surface area contributed by atoms with Crippen LogP contribution in [-0.2, 0) is 6.42 Å². The van der Waals surface area contributed by atoms with E-state index in [0.29, 0.717) is 11.6 Å². The fourth-order valence-electron chi connectivity index (χ4n) is 3.19. The lowest BCUT2D eigenvalue weighted by molar-refractivity contribution is 0.416. The summed E-state index contributed by atoms with van der Waals surface area (Å²) in [6.07, 6.45) is 2.17. The van der Waals surface area contributed by atoms with Crippen LogP contribution < -0.4 is 10.1 Å². The van der Waals surface area contributed by atoms with E-state index in [9.17, 15) is 0 Å². The monoisotopic (exact) mass is 278 g/mol. The Hall–Kier alpha value is -2.31. The van der Waals surface area contributed by atoms with Crippen molar-refractivity contribution in [1.82, 2.24) is 5.32 Å². The molecule has 0 aliphatic heterocycles. The first-order valence-electron chi connectivity index (χ1n) is 7.16. The second kappa shape index (κ2) is 5.59. The topological polar surface area (TPSA) is 45.0 Å². The van der Waals surface area contributed by atoms with Crippen LogP contribution in [0.5, 0.6) is 5.75 Å². The van der Waals surface area contributed by atoms with Gasteiger partial charge < -0.3 is 10.1 Å². The molecule has 1 atom stereocenters. The van der Waals surface area contributed by atoms with Crippen molar-refractivity contribution < 1.29 is 4.74 Å². The molecular weight excluding hydrogens is 260 g/mol. The highest BCUT2D eigenvalue weighted by Gasteiger charge is 2.24. The molecule has 1 aliphatic rings. The molecule has 0 fully saturated rings. The van der Waals surface area contributed by atoms with Crippen molar-refractivity contribution in [3.63, 3.8) is 0 Å². The number of ether oxygens (including phenoxy) is 1. The van der Waals surface area contributed by atoms with E-state index < -0.39 is 0 Å². The molecule has 0 bridgehead atoms. The quantitative estimate of drug-likeness (QED) is 0.935. The molecule has 2 aromatic rings. The molecule has 1 N–H and O–H groups in total. The van der Waals surface area contributed by atoms with E-state index >= 15 is 0 Å². The fraction of sp³-hybridized carbons (Fsp3) is 0.278. The average molecular weight is 278 g/mol. The molecule has 1 unspecified atom stereocenters. The molecule has 2 aromatic carbocycles. The van der Waals surface area contributed by atoms with Gasteiger partial charge in [0, 0.05) is 11.6 Å². The highest BCUT2D eigenvalue weighted by atomic mass is 16.5. The average Bonchev–Trinajstić information content (AvgIpc) is 2.97. The van der Waals surface area contributed by atoms with E-state index in [1.807, 2.05) is 19.2 Å². The highest BCUT2D eigenvalue weighted by molar-refractivity contribution is 5.76. The van der Waals surface area contributed by atoms with Crippen molar-refractivity contribution in [2.75, 3.05) is 14.2 Å². The predicted molar refractivity (Wildman–Crippen MR) is 83.3 cm³/mol.